The fourth-order valence-electron chi connectivity index (χ4n) is 2.70. The maximum absolute atomic E-state index is 11.6. The molecule has 1 aliphatic rings. The van der Waals surface area contributed by atoms with Gasteiger partial charge < -0.3 is 9.72 Å². The predicted octanol–water partition coefficient (Wildman–Crippen LogP) is 2.48. The van der Waals surface area contributed by atoms with Gasteiger partial charge in [0.05, 0.1) is 12.7 Å². The zero-order chi connectivity index (χ0) is 15.5. The van der Waals surface area contributed by atoms with Crippen LogP contribution in [0.25, 0.3) is 0 Å². The second kappa shape index (κ2) is 6.37. The zero-order valence-electron chi connectivity index (χ0n) is 12.3. The number of ether oxygens (including phenoxy) is 1. The molecule has 2 aromatic rings. The highest BCUT2D eigenvalue weighted by Gasteiger charge is 2.17. The molecule has 0 bridgehead atoms. The molecular weight excluding hydrogens is 298 g/mol. The van der Waals surface area contributed by atoms with E-state index in [0.717, 1.165) is 37.3 Å². The van der Waals surface area contributed by atoms with Crippen LogP contribution in [0.15, 0.2) is 30.5 Å². The lowest BCUT2D eigenvalue weighted by atomic mass is 10.1. The van der Waals surface area contributed by atoms with Gasteiger partial charge in [0.25, 0.3) is 0 Å². The van der Waals surface area contributed by atoms with E-state index in [0.29, 0.717) is 10.3 Å². The molecule has 0 radical (unpaired) electrons. The fourth-order valence-corrected chi connectivity index (χ4v) is 2.88. The molecule has 1 aromatic carbocycles. The van der Waals surface area contributed by atoms with E-state index in [2.05, 4.69) is 14.9 Å². The first kappa shape index (κ1) is 14.9. The van der Waals surface area contributed by atoms with Crippen molar-refractivity contribution in [3.8, 4) is 0 Å². The van der Waals surface area contributed by atoms with E-state index >= 15 is 0 Å². The van der Waals surface area contributed by atoms with Gasteiger partial charge in [0.15, 0.2) is 4.77 Å². The van der Waals surface area contributed by atoms with Crippen LogP contribution in [0.4, 0.5) is 0 Å². The predicted molar refractivity (Wildman–Crippen MR) is 85.0 cm³/mol. The number of rotatable bonds is 3. The molecule has 0 fully saturated rings. The number of aromatic amines is 1. The van der Waals surface area contributed by atoms with E-state index in [1.54, 1.807) is 6.07 Å². The molecule has 0 spiro atoms. The summed E-state index contributed by atoms with van der Waals surface area (Å²) in [6, 6.07) is 7.56. The maximum atomic E-state index is 11.6. The van der Waals surface area contributed by atoms with E-state index < -0.39 is 0 Å². The van der Waals surface area contributed by atoms with Gasteiger partial charge in [-0.2, -0.15) is 0 Å². The Morgan fingerprint density at radius 3 is 3.18 bits per heavy atom. The molecule has 1 N–H and O–H groups in total. The third-order valence-corrected chi connectivity index (χ3v) is 4.02. The van der Waals surface area contributed by atoms with E-state index in [1.165, 1.54) is 12.7 Å². The van der Waals surface area contributed by atoms with Crippen LogP contribution in [0.2, 0.25) is 0 Å². The average Bonchev–Trinajstić information content (AvgIpc) is 2.54. The number of hydrogen-bond donors (Lipinski definition) is 1. The number of methoxy groups -OCH3 is 1. The van der Waals surface area contributed by atoms with Crippen LogP contribution in [-0.4, -0.2) is 34.5 Å². The molecule has 0 atom stereocenters. The quantitative estimate of drug-likeness (QED) is 0.696. The molecule has 0 aliphatic carbocycles. The first-order chi connectivity index (χ1) is 10.7. The lowest BCUT2D eigenvalue weighted by Crippen LogP contribution is -2.31. The van der Waals surface area contributed by atoms with Crippen LogP contribution >= 0.6 is 12.2 Å². The van der Waals surface area contributed by atoms with Crippen molar-refractivity contribution in [2.45, 2.75) is 19.5 Å². The molecule has 0 amide bonds. The molecule has 5 nitrogen and oxygen atoms in total. The standard InChI is InChI=1S/C16H17N3O2S/c1-21-15(20)12-4-2-3-11(7-12)9-19-6-5-13-8-17-16(22)18-14(13)10-19/h2-4,7-8H,5-6,9-10H2,1H3,(H,17,18,22). The summed E-state index contributed by atoms with van der Waals surface area (Å²) in [5, 5.41) is 0. The number of benzene rings is 1. The van der Waals surface area contributed by atoms with Crippen LogP contribution in [0.1, 0.15) is 27.2 Å². The molecule has 0 unspecified atom stereocenters. The van der Waals surface area contributed by atoms with Crippen LogP contribution in [0.3, 0.4) is 0 Å². The Balaban J connectivity index is 1.75. The van der Waals surface area contributed by atoms with Crippen LogP contribution in [-0.2, 0) is 24.2 Å². The number of carbonyl (C=O) groups excluding carboxylic acids is 1. The number of H-pyrrole nitrogens is 1. The first-order valence-corrected chi connectivity index (χ1v) is 7.53. The minimum Gasteiger partial charge on any atom is -0.465 e. The Labute approximate surface area is 134 Å². The molecule has 1 aliphatic heterocycles. The molecule has 2 heterocycles. The Kier molecular flexibility index (Phi) is 4.31. The molecule has 0 saturated heterocycles. The summed E-state index contributed by atoms with van der Waals surface area (Å²) in [6.07, 6.45) is 2.81. The number of hydrogen-bond acceptors (Lipinski definition) is 5. The maximum Gasteiger partial charge on any atom is 0.337 e. The number of esters is 1. The number of carbonyl (C=O) groups is 1. The Morgan fingerprint density at radius 2 is 2.36 bits per heavy atom. The minimum absolute atomic E-state index is 0.305. The van der Waals surface area contributed by atoms with Gasteiger partial charge in [0, 0.05) is 31.5 Å². The van der Waals surface area contributed by atoms with Gasteiger partial charge in [-0.1, -0.05) is 12.1 Å². The summed E-state index contributed by atoms with van der Waals surface area (Å²) >= 11 is 5.09. The highest BCUT2D eigenvalue weighted by atomic mass is 32.1. The third-order valence-electron chi connectivity index (χ3n) is 3.82. The highest BCUT2D eigenvalue weighted by molar-refractivity contribution is 7.71. The molecule has 6 heteroatoms. The summed E-state index contributed by atoms with van der Waals surface area (Å²) in [4.78, 5) is 21.2. The molecule has 3 rings (SSSR count). The van der Waals surface area contributed by atoms with Gasteiger partial charge in [-0.15, -0.1) is 0 Å². The van der Waals surface area contributed by atoms with Crippen molar-refractivity contribution in [1.82, 2.24) is 14.9 Å². The second-order valence-corrected chi connectivity index (χ2v) is 5.73. The first-order valence-electron chi connectivity index (χ1n) is 7.12. The van der Waals surface area contributed by atoms with Gasteiger partial charge >= 0.3 is 5.97 Å². The summed E-state index contributed by atoms with van der Waals surface area (Å²) in [5.41, 5.74) is 4.04. The van der Waals surface area contributed by atoms with Crippen molar-refractivity contribution in [1.29, 1.82) is 0 Å². The largest absolute Gasteiger partial charge is 0.465 e. The molecule has 0 saturated carbocycles. The third kappa shape index (κ3) is 3.23. The summed E-state index contributed by atoms with van der Waals surface area (Å²) in [5.74, 6) is -0.305. The Hall–Kier alpha value is -2.05. The van der Waals surface area contributed by atoms with Crippen molar-refractivity contribution in [2.75, 3.05) is 13.7 Å². The second-order valence-electron chi connectivity index (χ2n) is 5.34. The van der Waals surface area contributed by atoms with Crippen molar-refractivity contribution in [3.63, 3.8) is 0 Å². The van der Waals surface area contributed by atoms with Gasteiger partial charge in [-0.05, 0) is 41.9 Å². The normalized spacial score (nSPS) is 14.4. The molecular formula is C16H17N3O2S. The van der Waals surface area contributed by atoms with Crippen molar-refractivity contribution in [3.05, 3.63) is 57.6 Å². The Bertz CT molecular complexity index is 757. The summed E-state index contributed by atoms with van der Waals surface area (Å²) in [6.45, 7) is 2.55. The van der Waals surface area contributed by atoms with Crippen molar-refractivity contribution >= 4 is 18.2 Å². The van der Waals surface area contributed by atoms with Gasteiger partial charge in [0.2, 0.25) is 0 Å². The van der Waals surface area contributed by atoms with E-state index in [9.17, 15) is 4.79 Å². The van der Waals surface area contributed by atoms with Gasteiger partial charge in [-0.25, -0.2) is 9.78 Å². The Morgan fingerprint density at radius 1 is 1.50 bits per heavy atom. The SMILES string of the molecule is COC(=O)c1cccc(CN2CCc3cnc(=S)[nH]c3C2)c1. The van der Waals surface area contributed by atoms with Crippen molar-refractivity contribution < 1.29 is 9.53 Å². The number of nitrogens with zero attached hydrogens (tertiary/aromatic N) is 2. The van der Waals surface area contributed by atoms with Crippen LogP contribution in [0, 0.1) is 4.77 Å². The van der Waals surface area contributed by atoms with E-state index in [4.69, 9.17) is 17.0 Å². The van der Waals surface area contributed by atoms with Gasteiger partial charge in [-0.3, -0.25) is 4.90 Å². The van der Waals surface area contributed by atoms with E-state index in [1.807, 2.05) is 24.4 Å². The van der Waals surface area contributed by atoms with Crippen molar-refractivity contribution in [2.24, 2.45) is 0 Å². The lowest BCUT2D eigenvalue weighted by molar-refractivity contribution is 0.0600. The topological polar surface area (TPSA) is 58.2 Å². The van der Waals surface area contributed by atoms with Crippen LogP contribution in [0.5, 0.6) is 0 Å². The molecule has 22 heavy (non-hydrogen) atoms. The average molecular weight is 315 g/mol. The number of aromatic nitrogens is 2. The van der Waals surface area contributed by atoms with Crippen LogP contribution < -0.4 is 0 Å². The zero-order valence-corrected chi connectivity index (χ0v) is 13.2. The molecule has 114 valence electrons. The number of nitrogens with one attached hydrogen (secondary N) is 1. The summed E-state index contributed by atoms with van der Waals surface area (Å²) in [7, 11) is 1.40. The smallest absolute Gasteiger partial charge is 0.337 e. The van der Waals surface area contributed by atoms with Gasteiger partial charge in [0.1, 0.15) is 0 Å². The molecule has 1 aromatic heterocycles. The minimum atomic E-state index is -0.305. The fraction of sp³-hybridized carbons (Fsp3) is 0.312. The lowest BCUT2D eigenvalue weighted by Gasteiger charge is -2.28. The summed E-state index contributed by atoms with van der Waals surface area (Å²) < 4.78 is 5.29. The highest BCUT2D eigenvalue weighted by Crippen LogP contribution is 2.18. The number of fused-ring (bicyclic) bond motifs is 1. The van der Waals surface area contributed by atoms with E-state index in [-0.39, 0.29) is 5.97 Å². The monoisotopic (exact) mass is 315 g/mol.